The summed E-state index contributed by atoms with van der Waals surface area (Å²) in [7, 11) is 0. The lowest BCUT2D eigenvalue weighted by Gasteiger charge is -2.25. The zero-order valence-electron chi connectivity index (χ0n) is 10.4. The number of rotatable bonds is 7. The maximum atomic E-state index is 11.1. The fourth-order valence-electron chi connectivity index (χ4n) is 1.12. The predicted molar refractivity (Wildman–Crippen MR) is 61.6 cm³/mol. The van der Waals surface area contributed by atoms with E-state index in [1.165, 1.54) is 6.92 Å². The van der Waals surface area contributed by atoms with Crippen LogP contribution in [0.15, 0.2) is 12.2 Å². The van der Waals surface area contributed by atoms with Gasteiger partial charge in [0, 0.05) is 12.2 Å². The van der Waals surface area contributed by atoms with Crippen molar-refractivity contribution in [3.8, 4) is 0 Å². The number of nitrogens with zero attached hydrogens (tertiary/aromatic N) is 1. The Kier molecular flexibility index (Phi) is 6.97. The molecule has 1 N–H and O–H groups in total. The monoisotopic (exact) mass is 245 g/mol. The zero-order valence-corrected chi connectivity index (χ0v) is 10.4. The Balaban J connectivity index is 4.15. The van der Waals surface area contributed by atoms with Crippen LogP contribution in [0.2, 0.25) is 0 Å². The molecule has 0 saturated heterocycles. The molecule has 0 rings (SSSR count). The summed E-state index contributed by atoms with van der Waals surface area (Å²) in [5.74, 6) is -0.528. The number of carbonyl (C=O) groups excluding carboxylic acids is 1. The quantitative estimate of drug-likeness (QED) is 0.417. The molecule has 1 amide bonds. The van der Waals surface area contributed by atoms with Crippen LogP contribution in [0.1, 0.15) is 20.8 Å². The molecule has 0 aliphatic heterocycles. The average molecular weight is 245 g/mol. The second kappa shape index (κ2) is 7.67. The highest BCUT2D eigenvalue weighted by Crippen LogP contribution is 2.02. The van der Waals surface area contributed by atoms with Crippen molar-refractivity contribution in [1.29, 1.82) is 0 Å². The number of hydrogen-bond donors (Lipinski definition) is 1. The van der Waals surface area contributed by atoms with E-state index in [9.17, 15) is 9.59 Å². The molecule has 6 nitrogen and oxygen atoms in total. The molecule has 0 saturated carbocycles. The second-order valence-corrected chi connectivity index (χ2v) is 3.45. The summed E-state index contributed by atoms with van der Waals surface area (Å²) in [5, 5.41) is 8.93. The van der Waals surface area contributed by atoms with E-state index in [1.807, 2.05) is 0 Å². The van der Waals surface area contributed by atoms with Crippen molar-refractivity contribution in [2.75, 3.05) is 19.8 Å². The summed E-state index contributed by atoms with van der Waals surface area (Å²) in [6.07, 6.45) is -1.68. The highest BCUT2D eigenvalue weighted by molar-refractivity contribution is 5.86. The third kappa shape index (κ3) is 5.91. The first kappa shape index (κ1) is 15.4. The van der Waals surface area contributed by atoms with Gasteiger partial charge in [0.05, 0.1) is 6.54 Å². The van der Waals surface area contributed by atoms with Gasteiger partial charge in [-0.2, -0.15) is 0 Å². The molecule has 0 aliphatic rings. The SMILES string of the molecule is C=C(C)C(=O)OCCN(C(=O)O)C(C)OCC. The molecule has 1 unspecified atom stereocenters. The van der Waals surface area contributed by atoms with E-state index in [4.69, 9.17) is 14.6 Å². The molecular weight excluding hydrogens is 226 g/mol. The number of carboxylic acid groups (broad SMARTS) is 1. The van der Waals surface area contributed by atoms with Crippen molar-refractivity contribution in [3.63, 3.8) is 0 Å². The summed E-state index contributed by atoms with van der Waals surface area (Å²) >= 11 is 0. The van der Waals surface area contributed by atoms with Crippen molar-refractivity contribution < 1.29 is 24.2 Å². The number of esters is 1. The Labute approximate surface area is 101 Å². The molecule has 0 aromatic carbocycles. The topological polar surface area (TPSA) is 76.1 Å². The Morgan fingerprint density at radius 2 is 2.06 bits per heavy atom. The van der Waals surface area contributed by atoms with Gasteiger partial charge in [-0.1, -0.05) is 6.58 Å². The number of hydrogen-bond acceptors (Lipinski definition) is 4. The Hall–Kier alpha value is -1.56. The van der Waals surface area contributed by atoms with Crippen LogP contribution in [0.3, 0.4) is 0 Å². The van der Waals surface area contributed by atoms with Crippen molar-refractivity contribution in [2.24, 2.45) is 0 Å². The standard InChI is InChI=1S/C11H19NO5/c1-5-16-9(4)12(11(14)15)6-7-17-10(13)8(2)3/h9H,2,5-7H2,1,3-4H3,(H,14,15). The molecular formula is C11H19NO5. The van der Waals surface area contributed by atoms with E-state index in [1.54, 1.807) is 13.8 Å². The van der Waals surface area contributed by atoms with E-state index in [0.717, 1.165) is 4.90 Å². The molecule has 0 aromatic heterocycles. The first-order chi connectivity index (χ1) is 7.90. The highest BCUT2D eigenvalue weighted by atomic mass is 16.5. The second-order valence-electron chi connectivity index (χ2n) is 3.45. The van der Waals surface area contributed by atoms with Crippen LogP contribution < -0.4 is 0 Å². The van der Waals surface area contributed by atoms with Crippen LogP contribution in [-0.4, -0.2) is 48.1 Å². The first-order valence-electron chi connectivity index (χ1n) is 5.34. The van der Waals surface area contributed by atoms with Crippen molar-refractivity contribution in [3.05, 3.63) is 12.2 Å². The van der Waals surface area contributed by atoms with Gasteiger partial charge in [-0.15, -0.1) is 0 Å². The maximum absolute atomic E-state index is 11.1. The van der Waals surface area contributed by atoms with Gasteiger partial charge in [0.1, 0.15) is 12.8 Å². The third-order valence-corrected chi connectivity index (χ3v) is 2.01. The summed E-state index contributed by atoms with van der Waals surface area (Å²) in [6, 6.07) is 0. The lowest BCUT2D eigenvalue weighted by molar-refractivity contribution is -0.140. The minimum atomic E-state index is -1.11. The fraction of sp³-hybridized carbons (Fsp3) is 0.636. The Bertz CT molecular complexity index is 290. The highest BCUT2D eigenvalue weighted by Gasteiger charge is 2.19. The Morgan fingerprint density at radius 1 is 1.47 bits per heavy atom. The van der Waals surface area contributed by atoms with Crippen LogP contribution >= 0.6 is 0 Å². The number of ether oxygens (including phenoxy) is 2. The molecule has 98 valence electrons. The molecule has 0 radical (unpaired) electrons. The van der Waals surface area contributed by atoms with Crippen molar-refractivity contribution in [1.82, 2.24) is 4.90 Å². The van der Waals surface area contributed by atoms with Crippen LogP contribution in [0, 0.1) is 0 Å². The molecule has 0 aliphatic carbocycles. The minimum Gasteiger partial charge on any atom is -0.465 e. The lowest BCUT2D eigenvalue weighted by Crippen LogP contribution is -2.41. The maximum Gasteiger partial charge on any atom is 0.409 e. The van der Waals surface area contributed by atoms with Gasteiger partial charge in [0.2, 0.25) is 0 Å². The van der Waals surface area contributed by atoms with Crippen molar-refractivity contribution >= 4 is 12.1 Å². The normalized spacial score (nSPS) is 11.7. The molecule has 0 aromatic rings. The molecule has 1 atom stereocenters. The van der Waals surface area contributed by atoms with Gasteiger partial charge < -0.3 is 14.6 Å². The van der Waals surface area contributed by atoms with Crippen molar-refractivity contribution in [2.45, 2.75) is 27.0 Å². The van der Waals surface area contributed by atoms with Crippen LogP contribution in [-0.2, 0) is 14.3 Å². The van der Waals surface area contributed by atoms with Gasteiger partial charge in [-0.25, -0.2) is 9.59 Å². The molecule has 0 spiro atoms. The largest absolute Gasteiger partial charge is 0.465 e. The molecule has 0 heterocycles. The predicted octanol–water partition coefficient (Wildman–Crippen LogP) is 1.47. The summed E-state index contributed by atoms with van der Waals surface area (Å²) in [6.45, 7) is 8.81. The summed E-state index contributed by atoms with van der Waals surface area (Å²) in [4.78, 5) is 23.0. The number of carbonyl (C=O) groups is 2. The van der Waals surface area contributed by atoms with E-state index in [0.29, 0.717) is 6.61 Å². The van der Waals surface area contributed by atoms with Gasteiger partial charge in [-0.3, -0.25) is 4.90 Å². The van der Waals surface area contributed by atoms with Crippen LogP contribution in [0.25, 0.3) is 0 Å². The lowest BCUT2D eigenvalue weighted by atomic mass is 10.4. The van der Waals surface area contributed by atoms with E-state index in [2.05, 4.69) is 6.58 Å². The fourth-order valence-corrected chi connectivity index (χ4v) is 1.12. The van der Waals surface area contributed by atoms with Gasteiger partial charge in [-0.05, 0) is 20.8 Å². The minimum absolute atomic E-state index is 0.0184. The Morgan fingerprint density at radius 3 is 2.47 bits per heavy atom. The zero-order chi connectivity index (χ0) is 13.4. The smallest absolute Gasteiger partial charge is 0.409 e. The van der Waals surface area contributed by atoms with Gasteiger partial charge in [0.25, 0.3) is 0 Å². The van der Waals surface area contributed by atoms with Gasteiger partial charge in [0.15, 0.2) is 0 Å². The van der Waals surface area contributed by atoms with E-state index in [-0.39, 0.29) is 18.7 Å². The molecule has 0 fully saturated rings. The average Bonchev–Trinajstić information content (AvgIpc) is 2.23. The summed E-state index contributed by atoms with van der Waals surface area (Å²) < 4.78 is 9.97. The third-order valence-electron chi connectivity index (χ3n) is 2.01. The molecule has 6 heteroatoms. The van der Waals surface area contributed by atoms with E-state index >= 15 is 0 Å². The summed E-state index contributed by atoms with van der Waals surface area (Å²) in [5.41, 5.74) is 0.282. The van der Waals surface area contributed by atoms with Crippen LogP contribution in [0.4, 0.5) is 4.79 Å². The van der Waals surface area contributed by atoms with E-state index < -0.39 is 18.3 Å². The molecule has 0 bridgehead atoms. The number of amides is 1. The van der Waals surface area contributed by atoms with Gasteiger partial charge >= 0.3 is 12.1 Å². The van der Waals surface area contributed by atoms with Crippen LogP contribution in [0.5, 0.6) is 0 Å². The molecule has 17 heavy (non-hydrogen) atoms. The first-order valence-corrected chi connectivity index (χ1v) is 5.34.